The molecule has 1 atom stereocenters. The van der Waals surface area contributed by atoms with Crippen LogP contribution in [0.25, 0.3) is 0 Å². The fourth-order valence-corrected chi connectivity index (χ4v) is 3.27. The number of nitrogens with zero attached hydrogens (tertiary/aromatic N) is 1. The number of aliphatic imine (C=N–C) groups is 1. The predicted octanol–water partition coefficient (Wildman–Crippen LogP) is 3.95. The molecule has 2 nitrogen and oxygen atoms in total. The minimum Gasteiger partial charge on any atom is -0.320 e. The van der Waals surface area contributed by atoms with Crippen molar-refractivity contribution in [1.29, 1.82) is 0 Å². The van der Waals surface area contributed by atoms with Crippen molar-refractivity contribution in [3.63, 3.8) is 0 Å². The van der Waals surface area contributed by atoms with E-state index in [1.807, 2.05) is 0 Å². The van der Waals surface area contributed by atoms with Crippen LogP contribution < -0.4 is 5.32 Å². The van der Waals surface area contributed by atoms with Crippen molar-refractivity contribution in [2.24, 2.45) is 4.99 Å². The van der Waals surface area contributed by atoms with E-state index < -0.39 is 0 Å². The van der Waals surface area contributed by atoms with Crippen molar-refractivity contribution in [3.8, 4) is 0 Å². The molecule has 0 radical (unpaired) electrons. The highest BCUT2D eigenvalue weighted by molar-refractivity contribution is 8.07. The summed E-state index contributed by atoms with van der Waals surface area (Å²) >= 11 is 13.7. The molecule has 2 heterocycles. The molecular formula is C11H12Cl2N2S. The van der Waals surface area contributed by atoms with Crippen LogP contribution in [0.3, 0.4) is 0 Å². The quantitative estimate of drug-likeness (QED) is 0.772. The summed E-state index contributed by atoms with van der Waals surface area (Å²) in [5.41, 5.74) is 1.19. The third kappa shape index (κ3) is 2.17. The summed E-state index contributed by atoms with van der Waals surface area (Å²) in [4.78, 5) is 6.66. The van der Waals surface area contributed by atoms with Gasteiger partial charge in [0.2, 0.25) is 0 Å². The number of hydrogen-bond acceptors (Lipinski definition) is 3. The summed E-state index contributed by atoms with van der Waals surface area (Å²) in [5, 5.41) is 3.79. The first-order valence-electron chi connectivity index (χ1n) is 5.08. The van der Waals surface area contributed by atoms with Crippen molar-refractivity contribution in [2.75, 3.05) is 0 Å². The van der Waals surface area contributed by atoms with Crippen LogP contribution in [0.2, 0.25) is 0 Å². The topological polar surface area (TPSA) is 24.4 Å². The Labute approximate surface area is 109 Å². The molecule has 0 saturated carbocycles. The van der Waals surface area contributed by atoms with Crippen LogP contribution in [0.4, 0.5) is 0 Å². The van der Waals surface area contributed by atoms with Crippen LogP contribution in [-0.2, 0) is 0 Å². The van der Waals surface area contributed by atoms with Gasteiger partial charge in [-0.1, -0.05) is 42.4 Å². The van der Waals surface area contributed by atoms with Crippen molar-refractivity contribution < 1.29 is 0 Å². The Balaban J connectivity index is 2.36. The highest BCUT2D eigenvalue weighted by atomic mass is 35.5. The molecule has 0 saturated heterocycles. The van der Waals surface area contributed by atoms with Crippen LogP contribution in [0.1, 0.15) is 20.3 Å². The normalized spacial score (nSPS) is 25.0. The Kier molecular flexibility index (Phi) is 3.67. The maximum absolute atomic E-state index is 6.11. The van der Waals surface area contributed by atoms with Gasteiger partial charge < -0.3 is 5.32 Å². The Morgan fingerprint density at radius 3 is 2.94 bits per heavy atom. The van der Waals surface area contributed by atoms with Gasteiger partial charge in [-0.3, -0.25) is 0 Å². The first-order valence-corrected chi connectivity index (χ1v) is 6.66. The highest BCUT2D eigenvalue weighted by Crippen LogP contribution is 2.46. The summed E-state index contributed by atoms with van der Waals surface area (Å²) in [6.07, 6.45) is 5.25. The SMILES string of the molecule is CCC=CC1=C(C)SC2=C(Cl)NC(Cl)=NC12. The van der Waals surface area contributed by atoms with E-state index in [0.29, 0.717) is 10.5 Å². The maximum Gasteiger partial charge on any atom is 0.197 e. The van der Waals surface area contributed by atoms with Gasteiger partial charge in [0.25, 0.3) is 0 Å². The minimum absolute atomic E-state index is 0.0194. The second kappa shape index (κ2) is 4.86. The number of amidine groups is 1. The largest absolute Gasteiger partial charge is 0.320 e. The number of halogens is 2. The molecule has 0 bridgehead atoms. The summed E-state index contributed by atoms with van der Waals surface area (Å²) in [6, 6.07) is -0.0194. The number of fused-ring (bicyclic) bond motifs is 1. The van der Waals surface area contributed by atoms with Crippen molar-refractivity contribution in [3.05, 3.63) is 32.7 Å². The molecule has 1 N–H and O–H groups in total. The zero-order valence-electron chi connectivity index (χ0n) is 9.05. The molecule has 2 aliphatic rings. The Hall–Kier alpha value is -0.380. The predicted molar refractivity (Wildman–Crippen MR) is 72.8 cm³/mol. The Morgan fingerprint density at radius 2 is 2.25 bits per heavy atom. The molecule has 0 aromatic heterocycles. The number of rotatable bonds is 2. The van der Waals surface area contributed by atoms with Crippen molar-refractivity contribution in [2.45, 2.75) is 26.3 Å². The van der Waals surface area contributed by atoms with Crippen molar-refractivity contribution >= 4 is 40.3 Å². The zero-order valence-corrected chi connectivity index (χ0v) is 11.4. The molecule has 1 unspecified atom stereocenters. The van der Waals surface area contributed by atoms with Crippen molar-refractivity contribution in [1.82, 2.24) is 5.32 Å². The standard InChI is InChI=1S/C11H12Cl2N2S/c1-3-4-5-7-6(2)16-9-8(7)14-11(13)15-10(9)12/h4-5,8H,3H2,1-2H3,(H,14,15). The Bertz CT molecular complexity index is 435. The van der Waals surface area contributed by atoms with Gasteiger partial charge in [-0.25, -0.2) is 4.99 Å². The lowest BCUT2D eigenvalue weighted by atomic mass is 10.1. The Morgan fingerprint density at radius 1 is 1.50 bits per heavy atom. The second-order valence-electron chi connectivity index (χ2n) is 3.55. The lowest BCUT2D eigenvalue weighted by molar-refractivity contribution is 0.920. The van der Waals surface area contributed by atoms with E-state index in [9.17, 15) is 0 Å². The summed E-state index contributed by atoms with van der Waals surface area (Å²) in [7, 11) is 0. The third-order valence-corrected chi connectivity index (χ3v) is 4.21. The minimum atomic E-state index is -0.0194. The van der Waals surface area contributed by atoms with Gasteiger partial charge in [0.1, 0.15) is 11.2 Å². The van der Waals surface area contributed by atoms with Gasteiger partial charge in [-0.2, -0.15) is 0 Å². The lowest BCUT2D eigenvalue weighted by Gasteiger charge is -2.18. The van der Waals surface area contributed by atoms with Crippen LogP contribution in [0, 0.1) is 0 Å². The number of nitrogens with one attached hydrogen (secondary N) is 1. The molecule has 2 aliphatic heterocycles. The molecule has 0 aliphatic carbocycles. The van der Waals surface area contributed by atoms with Crippen LogP contribution in [0.5, 0.6) is 0 Å². The molecule has 0 spiro atoms. The third-order valence-electron chi connectivity index (χ3n) is 2.42. The van der Waals surface area contributed by atoms with E-state index >= 15 is 0 Å². The van der Waals surface area contributed by atoms with Gasteiger partial charge >= 0.3 is 0 Å². The number of thioether (sulfide) groups is 1. The van der Waals surface area contributed by atoms with E-state index in [-0.39, 0.29) is 6.04 Å². The first-order chi connectivity index (χ1) is 7.63. The van der Waals surface area contributed by atoms with Gasteiger partial charge in [0.15, 0.2) is 5.29 Å². The number of hydrogen-bond donors (Lipinski definition) is 1. The molecule has 5 heteroatoms. The summed E-state index contributed by atoms with van der Waals surface area (Å²) < 4.78 is 0. The van der Waals surface area contributed by atoms with Gasteiger partial charge in [-0.15, -0.1) is 0 Å². The molecule has 0 amide bonds. The van der Waals surface area contributed by atoms with E-state index in [0.717, 1.165) is 11.3 Å². The van der Waals surface area contributed by atoms with E-state index in [2.05, 4.69) is 36.3 Å². The lowest BCUT2D eigenvalue weighted by Crippen LogP contribution is -2.25. The van der Waals surface area contributed by atoms with E-state index in [1.165, 1.54) is 10.5 Å². The van der Waals surface area contributed by atoms with E-state index in [4.69, 9.17) is 23.2 Å². The fraction of sp³-hybridized carbons (Fsp3) is 0.364. The molecule has 16 heavy (non-hydrogen) atoms. The van der Waals surface area contributed by atoms with Gasteiger partial charge in [-0.05, 0) is 35.4 Å². The van der Waals surface area contributed by atoms with Crippen LogP contribution in [0.15, 0.2) is 37.7 Å². The van der Waals surface area contributed by atoms with E-state index in [1.54, 1.807) is 11.8 Å². The zero-order chi connectivity index (χ0) is 11.7. The number of allylic oxidation sites excluding steroid dienone is 2. The van der Waals surface area contributed by atoms with Gasteiger partial charge in [0.05, 0.1) is 4.91 Å². The van der Waals surface area contributed by atoms with Crippen LogP contribution >= 0.6 is 35.0 Å². The molecule has 0 fully saturated rings. The fourth-order valence-electron chi connectivity index (χ4n) is 1.66. The maximum atomic E-state index is 6.11. The molecular weight excluding hydrogens is 263 g/mol. The monoisotopic (exact) mass is 274 g/mol. The average Bonchev–Trinajstić information content (AvgIpc) is 2.53. The smallest absolute Gasteiger partial charge is 0.197 e. The molecule has 0 aromatic carbocycles. The molecule has 2 rings (SSSR count). The highest BCUT2D eigenvalue weighted by Gasteiger charge is 2.32. The molecule has 0 aromatic rings. The van der Waals surface area contributed by atoms with Crippen LogP contribution in [-0.4, -0.2) is 11.3 Å². The average molecular weight is 275 g/mol. The molecule has 86 valence electrons. The summed E-state index contributed by atoms with van der Waals surface area (Å²) in [6.45, 7) is 4.19. The summed E-state index contributed by atoms with van der Waals surface area (Å²) in [5.74, 6) is 0. The first kappa shape index (κ1) is 12.1. The second-order valence-corrected chi connectivity index (χ2v) is 5.54. The van der Waals surface area contributed by atoms with Gasteiger partial charge in [0, 0.05) is 0 Å².